The van der Waals surface area contributed by atoms with Crippen LogP contribution in [0.1, 0.15) is 42.5 Å². The summed E-state index contributed by atoms with van der Waals surface area (Å²) in [5.41, 5.74) is 9.85. The van der Waals surface area contributed by atoms with E-state index in [0.717, 1.165) is 17.8 Å². The number of benzene rings is 2. The molecule has 0 aliphatic heterocycles. The van der Waals surface area contributed by atoms with Crippen LogP contribution in [-0.4, -0.2) is 5.71 Å². The minimum atomic E-state index is 0.943. The van der Waals surface area contributed by atoms with Gasteiger partial charge in [-0.1, -0.05) is 60.2 Å². The highest BCUT2D eigenvalue weighted by molar-refractivity contribution is 5.97. The summed E-state index contributed by atoms with van der Waals surface area (Å²) < 4.78 is 0. The van der Waals surface area contributed by atoms with E-state index in [4.69, 9.17) is 0 Å². The third-order valence-corrected chi connectivity index (χ3v) is 4.38. The molecule has 25 heavy (non-hydrogen) atoms. The molecule has 0 heterocycles. The zero-order valence-electron chi connectivity index (χ0n) is 15.5. The minimum Gasteiger partial charge on any atom is -0.258 e. The van der Waals surface area contributed by atoms with Crippen LogP contribution in [0.5, 0.6) is 0 Å². The van der Waals surface area contributed by atoms with Gasteiger partial charge in [0.2, 0.25) is 0 Å². The number of aliphatic imine (C=N–C) groups is 1. The van der Waals surface area contributed by atoms with E-state index in [1.165, 1.54) is 33.4 Å². The van der Waals surface area contributed by atoms with Gasteiger partial charge in [0, 0.05) is 5.71 Å². The molecule has 0 unspecified atom stereocenters. The van der Waals surface area contributed by atoms with Gasteiger partial charge in [0.05, 0.1) is 5.69 Å². The van der Waals surface area contributed by atoms with Crippen LogP contribution in [0.4, 0.5) is 5.69 Å². The summed E-state index contributed by atoms with van der Waals surface area (Å²) in [6.45, 7) is 8.35. The van der Waals surface area contributed by atoms with Gasteiger partial charge in [0.25, 0.3) is 0 Å². The molecule has 0 aromatic heterocycles. The zero-order valence-corrected chi connectivity index (χ0v) is 15.5. The molecule has 1 nitrogen and oxygen atoms in total. The second kappa shape index (κ2) is 7.48. The Hall–Kier alpha value is -2.67. The largest absolute Gasteiger partial charge is 0.258 e. The summed E-state index contributed by atoms with van der Waals surface area (Å²) in [6.07, 6.45) is 9.67. The highest BCUT2D eigenvalue weighted by Crippen LogP contribution is 2.34. The van der Waals surface area contributed by atoms with Gasteiger partial charge in [-0.3, -0.25) is 4.99 Å². The lowest BCUT2D eigenvalue weighted by atomic mass is 9.91. The van der Waals surface area contributed by atoms with Crippen molar-refractivity contribution in [2.45, 2.75) is 34.1 Å². The SMILES string of the molecule is CC(C)=Nc1ccc(C2=C(c3cccc(C)c3)CC=CC=C2)cc1C. The number of hydrogen-bond acceptors (Lipinski definition) is 1. The number of aryl methyl sites for hydroxylation is 2. The molecule has 0 bridgehead atoms. The quantitative estimate of drug-likeness (QED) is 0.547. The van der Waals surface area contributed by atoms with Crippen molar-refractivity contribution >= 4 is 22.5 Å². The second-order valence-electron chi connectivity index (χ2n) is 6.81. The first kappa shape index (κ1) is 17.2. The standard InChI is InChI=1S/C24H25N/c1-17(2)25-24-14-13-21(16-19(24)4)23-12-7-5-6-11-22(23)20-10-8-9-18(3)15-20/h5-10,12-16H,11H2,1-4H3. The Morgan fingerprint density at radius 2 is 1.76 bits per heavy atom. The maximum Gasteiger partial charge on any atom is 0.0658 e. The van der Waals surface area contributed by atoms with E-state index in [1.807, 2.05) is 13.8 Å². The Morgan fingerprint density at radius 3 is 2.48 bits per heavy atom. The summed E-state index contributed by atoms with van der Waals surface area (Å²) in [7, 11) is 0. The average molecular weight is 327 g/mol. The molecule has 3 rings (SSSR count). The van der Waals surface area contributed by atoms with Crippen LogP contribution in [0.25, 0.3) is 11.1 Å². The monoisotopic (exact) mass is 327 g/mol. The summed E-state index contributed by atoms with van der Waals surface area (Å²) in [6, 6.07) is 15.3. The Bertz CT molecular complexity index is 903. The van der Waals surface area contributed by atoms with Crippen LogP contribution < -0.4 is 0 Å². The molecule has 2 aromatic rings. The summed E-state index contributed by atoms with van der Waals surface area (Å²) in [5.74, 6) is 0. The third kappa shape index (κ3) is 4.06. The fourth-order valence-electron chi connectivity index (χ4n) is 3.19. The van der Waals surface area contributed by atoms with Crippen molar-refractivity contribution in [2.75, 3.05) is 0 Å². The second-order valence-corrected chi connectivity index (χ2v) is 6.81. The zero-order chi connectivity index (χ0) is 17.8. The van der Waals surface area contributed by atoms with Crippen LogP contribution in [0.2, 0.25) is 0 Å². The molecule has 2 aromatic carbocycles. The lowest BCUT2D eigenvalue weighted by Crippen LogP contribution is -1.92. The Morgan fingerprint density at radius 1 is 0.920 bits per heavy atom. The predicted molar refractivity (Wildman–Crippen MR) is 111 cm³/mol. The van der Waals surface area contributed by atoms with Gasteiger partial charge in [-0.05, 0) is 74.1 Å². The number of allylic oxidation sites excluding steroid dienone is 6. The van der Waals surface area contributed by atoms with E-state index >= 15 is 0 Å². The minimum absolute atomic E-state index is 0.943. The van der Waals surface area contributed by atoms with Crippen molar-refractivity contribution in [1.29, 1.82) is 0 Å². The first-order valence-electron chi connectivity index (χ1n) is 8.81. The van der Waals surface area contributed by atoms with E-state index in [-0.39, 0.29) is 0 Å². The van der Waals surface area contributed by atoms with Gasteiger partial charge in [-0.25, -0.2) is 0 Å². The van der Waals surface area contributed by atoms with Crippen molar-refractivity contribution in [2.24, 2.45) is 4.99 Å². The van der Waals surface area contributed by atoms with Gasteiger partial charge in [0.15, 0.2) is 0 Å². The van der Waals surface area contributed by atoms with E-state index in [9.17, 15) is 0 Å². The van der Waals surface area contributed by atoms with Crippen molar-refractivity contribution in [3.63, 3.8) is 0 Å². The predicted octanol–water partition coefficient (Wildman–Crippen LogP) is 6.84. The smallest absolute Gasteiger partial charge is 0.0658 e. The lowest BCUT2D eigenvalue weighted by molar-refractivity contribution is 1.35. The first-order valence-corrected chi connectivity index (χ1v) is 8.81. The summed E-state index contributed by atoms with van der Waals surface area (Å²) >= 11 is 0. The van der Waals surface area contributed by atoms with Crippen LogP contribution in [0.15, 0.2) is 71.8 Å². The van der Waals surface area contributed by atoms with Gasteiger partial charge in [-0.2, -0.15) is 0 Å². The van der Waals surface area contributed by atoms with E-state index < -0.39 is 0 Å². The van der Waals surface area contributed by atoms with Crippen LogP contribution in [0.3, 0.4) is 0 Å². The van der Waals surface area contributed by atoms with Gasteiger partial charge < -0.3 is 0 Å². The Labute approximate surface area is 151 Å². The lowest BCUT2D eigenvalue weighted by Gasteiger charge is -2.14. The third-order valence-electron chi connectivity index (χ3n) is 4.38. The maximum atomic E-state index is 4.62. The van der Waals surface area contributed by atoms with Crippen LogP contribution >= 0.6 is 0 Å². The molecule has 0 N–H and O–H groups in total. The maximum absolute atomic E-state index is 4.62. The van der Waals surface area contributed by atoms with Crippen molar-refractivity contribution in [1.82, 2.24) is 0 Å². The van der Waals surface area contributed by atoms with Crippen LogP contribution in [-0.2, 0) is 0 Å². The molecular weight excluding hydrogens is 302 g/mol. The fourth-order valence-corrected chi connectivity index (χ4v) is 3.19. The number of hydrogen-bond donors (Lipinski definition) is 0. The van der Waals surface area contributed by atoms with Crippen molar-refractivity contribution in [3.8, 4) is 0 Å². The van der Waals surface area contributed by atoms with Gasteiger partial charge in [-0.15, -0.1) is 0 Å². The van der Waals surface area contributed by atoms with E-state index in [1.54, 1.807) is 0 Å². The van der Waals surface area contributed by atoms with Crippen molar-refractivity contribution in [3.05, 3.63) is 89.0 Å². The molecule has 0 atom stereocenters. The average Bonchev–Trinajstić information content (AvgIpc) is 2.82. The molecule has 0 amide bonds. The summed E-state index contributed by atoms with van der Waals surface area (Å²) in [5, 5.41) is 0. The van der Waals surface area contributed by atoms with Gasteiger partial charge in [0.1, 0.15) is 0 Å². The first-order chi connectivity index (χ1) is 12.0. The highest BCUT2D eigenvalue weighted by Gasteiger charge is 2.11. The molecule has 0 radical (unpaired) electrons. The topological polar surface area (TPSA) is 12.4 Å². The van der Waals surface area contributed by atoms with Crippen LogP contribution in [0, 0.1) is 13.8 Å². The number of rotatable bonds is 3. The molecule has 0 saturated heterocycles. The molecule has 0 spiro atoms. The normalized spacial score (nSPS) is 13.8. The number of nitrogens with zero attached hydrogens (tertiary/aromatic N) is 1. The fraction of sp³-hybridized carbons (Fsp3) is 0.208. The molecule has 0 saturated carbocycles. The van der Waals surface area contributed by atoms with Crippen molar-refractivity contribution < 1.29 is 0 Å². The highest BCUT2D eigenvalue weighted by atomic mass is 14.7. The van der Waals surface area contributed by atoms with E-state index in [0.29, 0.717) is 0 Å². The molecule has 1 aliphatic carbocycles. The Kier molecular flexibility index (Phi) is 5.14. The van der Waals surface area contributed by atoms with Gasteiger partial charge >= 0.3 is 0 Å². The molecule has 1 heteroatoms. The summed E-state index contributed by atoms with van der Waals surface area (Å²) in [4.78, 5) is 4.62. The van der Waals surface area contributed by atoms with E-state index in [2.05, 4.69) is 85.6 Å². The Balaban J connectivity index is 2.14. The molecular formula is C24H25N. The molecule has 1 aliphatic rings. The molecule has 126 valence electrons. The molecule has 0 fully saturated rings.